The summed E-state index contributed by atoms with van der Waals surface area (Å²) in [4.78, 5) is 21.3. The third-order valence-electron chi connectivity index (χ3n) is 4.68. The monoisotopic (exact) mass is 367 g/mol. The maximum Gasteiger partial charge on any atom is 0.262 e. The van der Waals surface area contributed by atoms with E-state index in [9.17, 15) is 9.18 Å². The van der Waals surface area contributed by atoms with Gasteiger partial charge < -0.3 is 10.1 Å². The molecule has 4 rings (SSSR count). The minimum absolute atomic E-state index is 0.186. The topological polar surface area (TPSA) is 69.0 Å². The molecular weight excluding hydrogens is 347 g/mol. The van der Waals surface area contributed by atoms with Crippen LogP contribution in [0.3, 0.4) is 0 Å². The molecule has 3 aromatic rings. The van der Waals surface area contributed by atoms with Crippen LogP contribution in [0.15, 0.2) is 41.5 Å². The fourth-order valence-electron chi connectivity index (χ4n) is 3.20. The number of nitrogens with one attached hydrogen (secondary N) is 1. The van der Waals surface area contributed by atoms with E-state index in [-0.39, 0.29) is 17.1 Å². The maximum atomic E-state index is 14.4. The average molecular weight is 367 g/mol. The highest BCUT2D eigenvalue weighted by Gasteiger charge is 2.20. The number of anilines is 1. The summed E-state index contributed by atoms with van der Waals surface area (Å²) < 4.78 is 29.6. The van der Waals surface area contributed by atoms with Gasteiger partial charge in [-0.2, -0.15) is 0 Å². The van der Waals surface area contributed by atoms with E-state index in [1.165, 1.54) is 16.8 Å². The molecule has 0 saturated carbocycles. The van der Waals surface area contributed by atoms with Gasteiger partial charge in [0.2, 0.25) is 5.95 Å². The van der Waals surface area contributed by atoms with Crippen molar-refractivity contribution in [2.24, 2.45) is 7.05 Å². The zero-order valence-electron chi connectivity index (χ0n) is 16.0. The molecule has 2 aromatic heterocycles. The number of hydrogen-bond donors (Lipinski definition) is 1. The Kier molecular flexibility index (Phi) is 4.04. The van der Waals surface area contributed by atoms with Crippen LogP contribution in [-0.2, 0) is 20.0 Å². The molecule has 1 aliphatic heterocycles. The zero-order valence-corrected chi connectivity index (χ0v) is 15.0. The highest BCUT2D eigenvalue weighted by atomic mass is 19.1. The lowest BCUT2D eigenvalue weighted by Gasteiger charge is -2.14. The summed E-state index contributed by atoms with van der Waals surface area (Å²) in [6.45, 7) is 1.16. The van der Waals surface area contributed by atoms with E-state index in [0.29, 0.717) is 35.5 Å². The van der Waals surface area contributed by atoms with Gasteiger partial charge in [-0.1, -0.05) is 6.07 Å². The molecular formula is C20H19FN4O2. The molecule has 6 nitrogen and oxygen atoms in total. The molecule has 1 unspecified atom stereocenters. The summed E-state index contributed by atoms with van der Waals surface area (Å²) in [5, 5.41) is 2.84. The molecule has 1 N–H and O–H groups in total. The Hall–Kier alpha value is -3.22. The number of nitrogens with zero attached hydrogens (tertiary/aromatic N) is 3. The van der Waals surface area contributed by atoms with Crippen LogP contribution >= 0.6 is 0 Å². The minimum Gasteiger partial charge on any atom is -0.493 e. The first-order valence-electron chi connectivity index (χ1n) is 9.16. The maximum absolute atomic E-state index is 14.4. The second-order valence-electron chi connectivity index (χ2n) is 6.32. The van der Waals surface area contributed by atoms with E-state index in [4.69, 9.17) is 6.11 Å². The Balaban J connectivity index is 1.69. The molecule has 7 heteroatoms. The van der Waals surface area contributed by atoms with E-state index in [1.54, 1.807) is 25.4 Å². The van der Waals surface area contributed by atoms with Crippen LogP contribution in [0.25, 0.3) is 11.1 Å². The molecule has 1 aliphatic rings. The molecule has 0 amide bonds. The molecule has 0 radical (unpaired) electrons. The Morgan fingerprint density at radius 1 is 1.33 bits per heavy atom. The lowest BCUT2D eigenvalue weighted by molar-refractivity contribution is 0.356. The smallest absolute Gasteiger partial charge is 0.262 e. The van der Waals surface area contributed by atoms with E-state index in [2.05, 4.69) is 15.3 Å². The van der Waals surface area contributed by atoms with Crippen LogP contribution in [0.5, 0.6) is 5.75 Å². The predicted molar refractivity (Wildman–Crippen MR) is 100 cm³/mol. The number of rotatable bonds is 4. The van der Waals surface area contributed by atoms with Crippen LogP contribution in [0.4, 0.5) is 10.3 Å². The number of pyridine rings is 1. The van der Waals surface area contributed by atoms with Crippen molar-refractivity contribution < 1.29 is 10.5 Å². The first kappa shape index (κ1) is 16.0. The summed E-state index contributed by atoms with van der Waals surface area (Å²) in [5.74, 6) is 0.301. The number of aryl methyl sites for hydroxylation is 1. The molecule has 0 fully saturated rings. The van der Waals surface area contributed by atoms with Crippen molar-refractivity contribution in [2.75, 3.05) is 11.9 Å². The van der Waals surface area contributed by atoms with Crippen molar-refractivity contribution in [3.63, 3.8) is 0 Å². The Bertz CT molecular complexity index is 1120. The molecule has 0 bridgehead atoms. The number of benzene rings is 1. The van der Waals surface area contributed by atoms with Crippen molar-refractivity contribution in [3.05, 3.63) is 69.7 Å². The summed E-state index contributed by atoms with van der Waals surface area (Å²) in [5.41, 5.74) is 2.47. The second kappa shape index (κ2) is 6.83. The van der Waals surface area contributed by atoms with E-state index in [1.807, 2.05) is 13.0 Å². The Labute approximate surface area is 157 Å². The van der Waals surface area contributed by atoms with Gasteiger partial charge in [0.15, 0.2) is 0 Å². The fourth-order valence-corrected chi connectivity index (χ4v) is 3.20. The third kappa shape index (κ3) is 3.05. The van der Waals surface area contributed by atoms with Crippen LogP contribution < -0.4 is 15.6 Å². The minimum atomic E-state index is -1.12. The zero-order chi connectivity index (χ0) is 19.8. The molecule has 0 spiro atoms. The number of hydrogen-bond acceptors (Lipinski definition) is 5. The Morgan fingerprint density at radius 3 is 3.00 bits per heavy atom. The van der Waals surface area contributed by atoms with Crippen LogP contribution in [0.2, 0.25) is 0 Å². The first-order chi connectivity index (χ1) is 13.5. The molecule has 138 valence electrons. The molecule has 1 aromatic carbocycles. The molecule has 0 aliphatic carbocycles. The molecule has 27 heavy (non-hydrogen) atoms. The van der Waals surface area contributed by atoms with Gasteiger partial charge in [0.05, 0.1) is 13.5 Å². The molecule has 1 atom stereocenters. The van der Waals surface area contributed by atoms with Gasteiger partial charge in [0.1, 0.15) is 11.6 Å². The highest BCUT2D eigenvalue weighted by Crippen LogP contribution is 2.30. The van der Waals surface area contributed by atoms with Crippen LogP contribution in [0, 0.1) is 12.7 Å². The van der Waals surface area contributed by atoms with Gasteiger partial charge in [-0.05, 0) is 25.1 Å². The number of aromatic nitrogens is 3. The van der Waals surface area contributed by atoms with Gasteiger partial charge >= 0.3 is 0 Å². The first-order valence-corrected chi connectivity index (χ1v) is 8.58. The second-order valence-corrected chi connectivity index (χ2v) is 6.32. The van der Waals surface area contributed by atoms with Gasteiger partial charge in [0, 0.05) is 54.8 Å². The fraction of sp³-hybridized carbons (Fsp3) is 0.250. The highest BCUT2D eigenvalue weighted by molar-refractivity contribution is 5.64. The van der Waals surface area contributed by atoms with Gasteiger partial charge in [-0.15, -0.1) is 0 Å². The largest absolute Gasteiger partial charge is 0.493 e. The van der Waals surface area contributed by atoms with E-state index < -0.39 is 12.3 Å². The van der Waals surface area contributed by atoms with Crippen molar-refractivity contribution in [1.29, 1.82) is 0 Å². The molecule has 0 saturated heterocycles. The van der Waals surface area contributed by atoms with Crippen LogP contribution in [0.1, 0.15) is 18.2 Å². The van der Waals surface area contributed by atoms with Crippen molar-refractivity contribution in [3.8, 4) is 16.9 Å². The standard InChI is InChI=1S/C20H19FN4O2/c1-12-13(4-3-8-22-12)16-11-24-20(25(2)19(16)26)23-10-15-14-7-9-27-18(14)6-5-17(15)21/h3-6,8,11H,7,9-10H2,1-2H3,(H,23,24)/i10D. The summed E-state index contributed by atoms with van der Waals surface area (Å²) >= 11 is 0. The van der Waals surface area contributed by atoms with E-state index in [0.717, 1.165) is 5.69 Å². The number of fused-ring (bicyclic) bond motifs is 1. The van der Waals surface area contributed by atoms with Crippen molar-refractivity contribution in [1.82, 2.24) is 14.5 Å². The summed E-state index contributed by atoms with van der Waals surface area (Å²) in [6.07, 6.45) is 3.66. The lowest BCUT2D eigenvalue weighted by atomic mass is 10.0. The Morgan fingerprint density at radius 2 is 2.19 bits per heavy atom. The predicted octanol–water partition coefficient (Wildman–Crippen LogP) is 2.84. The molecule has 3 heterocycles. The summed E-state index contributed by atoms with van der Waals surface area (Å²) in [7, 11) is 1.56. The quantitative estimate of drug-likeness (QED) is 0.768. The van der Waals surface area contributed by atoms with E-state index >= 15 is 0 Å². The number of halogens is 1. The SMILES string of the molecule is [2H]C(Nc1ncc(-c2cccnc2C)c(=O)n1C)c1c(F)ccc2c1CCO2. The van der Waals surface area contributed by atoms with Crippen molar-refractivity contribution in [2.45, 2.75) is 19.9 Å². The number of ether oxygens (including phenoxy) is 1. The summed E-state index contributed by atoms with van der Waals surface area (Å²) in [6, 6.07) is 6.44. The van der Waals surface area contributed by atoms with Crippen LogP contribution in [-0.4, -0.2) is 21.1 Å². The average Bonchev–Trinajstić information content (AvgIpc) is 3.15. The van der Waals surface area contributed by atoms with Gasteiger partial charge in [-0.25, -0.2) is 9.37 Å². The normalized spacial score (nSPS) is 14.3. The lowest BCUT2D eigenvalue weighted by Crippen LogP contribution is -2.24. The van der Waals surface area contributed by atoms with Gasteiger partial charge in [-0.3, -0.25) is 14.3 Å². The van der Waals surface area contributed by atoms with Crippen molar-refractivity contribution >= 4 is 5.95 Å². The van der Waals surface area contributed by atoms with Gasteiger partial charge in [0.25, 0.3) is 5.56 Å². The third-order valence-corrected chi connectivity index (χ3v) is 4.68.